The van der Waals surface area contributed by atoms with Gasteiger partial charge in [-0.3, -0.25) is 0 Å². The average Bonchev–Trinajstić information content (AvgIpc) is 2.64. The second-order valence-electron chi connectivity index (χ2n) is 5.01. The number of aliphatic hydroxyl groups excluding tert-OH is 2. The van der Waals surface area contributed by atoms with Gasteiger partial charge >= 0.3 is 6.09 Å². The Labute approximate surface area is 139 Å². The fraction of sp³-hybridized carbons (Fsp3) is 0.235. The highest BCUT2D eigenvalue weighted by atomic mass is 16.5. The van der Waals surface area contributed by atoms with Crippen molar-refractivity contribution in [3.05, 3.63) is 65.5 Å². The summed E-state index contributed by atoms with van der Waals surface area (Å²) >= 11 is 0. The zero-order chi connectivity index (χ0) is 17.4. The van der Waals surface area contributed by atoms with E-state index in [4.69, 9.17) is 10.00 Å². The van der Waals surface area contributed by atoms with Gasteiger partial charge in [0.05, 0.1) is 5.69 Å². The molecule has 24 heavy (non-hydrogen) atoms. The molecule has 0 saturated heterocycles. The Morgan fingerprint density at radius 2 is 1.96 bits per heavy atom. The molecule has 0 aliphatic rings. The zero-order valence-corrected chi connectivity index (χ0v) is 12.8. The van der Waals surface area contributed by atoms with Crippen molar-refractivity contribution in [2.45, 2.75) is 18.8 Å². The van der Waals surface area contributed by atoms with Crippen molar-refractivity contribution in [2.75, 3.05) is 6.54 Å². The summed E-state index contributed by atoms with van der Waals surface area (Å²) in [4.78, 5) is 15.5. The highest BCUT2D eigenvalue weighted by molar-refractivity contribution is 5.67. The number of nitrogens with one attached hydrogen (secondary N) is 1. The molecule has 1 aromatic carbocycles. The summed E-state index contributed by atoms with van der Waals surface area (Å²) in [6, 6.07) is 15.5. The number of carbonyl (C=O) groups is 1. The van der Waals surface area contributed by atoms with Gasteiger partial charge in [-0.05, 0) is 17.7 Å². The minimum Gasteiger partial charge on any atom is -0.445 e. The van der Waals surface area contributed by atoms with Crippen molar-refractivity contribution < 1.29 is 19.7 Å². The molecule has 2 aromatic rings. The second-order valence-corrected chi connectivity index (χ2v) is 5.01. The van der Waals surface area contributed by atoms with E-state index in [0.29, 0.717) is 0 Å². The van der Waals surface area contributed by atoms with Crippen LogP contribution in [0.2, 0.25) is 0 Å². The maximum absolute atomic E-state index is 11.6. The maximum atomic E-state index is 11.6. The van der Waals surface area contributed by atoms with Crippen LogP contribution in [0.25, 0.3) is 0 Å². The number of nitriles is 1. The molecule has 1 aromatic heterocycles. The van der Waals surface area contributed by atoms with E-state index in [1.165, 1.54) is 12.1 Å². The van der Waals surface area contributed by atoms with E-state index in [9.17, 15) is 15.0 Å². The molecule has 0 fully saturated rings. The van der Waals surface area contributed by atoms with Crippen LogP contribution < -0.4 is 5.32 Å². The Hall–Kier alpha value is -2.95. The summed E-state index contributed by atoms with van der Waals surface area (Å²) in [5, 5.41) is 31.1. The van der Waals surface area contributed by atoms with Gasteiger partial charge in [0.25, 0.3) is 0 Å². The average molecular weight is 327 g/mol. The van der Waals surface area contributed by atoms with Crippen molar-refractivity contribution >= 4 is 6.09 Å². The molecule has 1 heterocycles. The summed E-state index contributed by atoms with van der Waals surface area (Å²) < 4.78 is 5.00. The van der Waals surface area contributed by atoms with E-state index in [2.05, 4.69) is 10.3 Å². The number of alkyl carbamates (subject to hydrolysis) is 1. The highest BCUT2D eigenvalue weighted by Gasteiger charge is 2.21. The first-order valence-corrected chi connectivity index (χ1v) is 7.28. The van der Waals surface area contributed by atoms with E-state index in [-0.39, 0.29) is 24.5 Å². The lowest BCUT2D eigenvalue weighted by atomic mass is 10.1. The first kappa shape index (κ1) is 17.4. The van der Waals surface area contributed by atoms with E-state index in [1.54, 1.807) is 6.07 Å². The van der Waals surface area contributed by atoms with Crippen LogP contribution in [-0.4, -0.2) is 33.9 Å². The van der Waals surface area contributed by atoms with Gasteiger partial charge in [-0.25, -0.2) is 9.78 Å². The van der Waals surface area contributed by atoms with Crippen LogP contribution in [0.3, 0.4) is 0 Å². The number of aromatic nitrogens is 1. The molecular formula is C17H17N3O4. The lowest BCUT2D eigenvalue weighted by Crippen LogP contribution is -2.36. The van der Waals surface area contributed by atoms with Crippen LogP contribution in [-0.2, 0) is 11.3 Å². The second kappa shape index (κ2) is 8.62. The van der Waals surface area contributed by atoms with E-state index in [1.807, 2.05) is 36.4 Å². The molecular weight excluding hydrogens is 310 g/mol. The van der Waals surface area contributed by atoms with Gasteiger partial charge in [0.1, 0.15) is 30.6 Å². The van der Waals surface area contributed by atoms with Crippen LogP contribution in [0.15, 0.2) is 48.5 Å². The molecule has 0 aliphatic heterocycles. The fourth-order valence-corrected chi connectivity index (χ4v) is 1.95. The summed E-state index contributed by atoms with van der Waals surface area (Å²) in [6.07, 6.45) is -3.31. The monoisotopic (exact) mass is 327 g/mol. The number of aliphatic hydroxyl groups is 2. The van der Waals surface area contributed by atoms with Gasteiger partial charge in [0.2, 0.25) is 0 Å². The molecule has 7 heteroatoms. The first-order chi connectivity index (χ1) is 11.6. The van der Waals surface area contributed by atoms with Crippen LogP contribution in [0.4, 0.5) is 4.79 Å². The third kappa shape index (κ3) is 5.05. The minimum absolute atomic E-state index is 0.108. The molecule has 1 amide bonds. The molecule has 2 atom stereocenters. The lowest BCUT2D eigenvalue weighted by molar-refractivity contribution is 0.0159. The van der Waals surface area contributed by atoms with Crippen molar-refractivity contribution in [3.63, 3.8) is 0 Å². The lowest BCUT2D eigenvalue weighted by Gasteiger charge is -2.18. The number of ether oxygens (including phenoxy) is 1. The Bertz CT molecular complexity index is 715. The van der Waals surface area contributed by atoms with E-state index < -0.39 is 18.3 Å². The number of benzene rings is 1. The number of hydrogen-bond acceptors (Lipinski definition) is 6. The van der Waals surface area contributed by atoms with Crippen molar-refractivity contribution in [3.8, 4) is 6.07 Å². The van der Waals surface area contributed by atoms with Crippen molar-refractivity contribution in [1.29, 1.82) is 5.26 Å². The Morgan fingerprint density at radius 1 is 1.21 bits per heavy atom. The van der Waals surface area contributed by atoms with Gasteiger partial charge in [0, 0.05) is 6.54 Å². The van der Waals surface area contributed by atoms with Crippen molar-refractivity contribution in [2.24, 2.45) is 0 Å². The predicted octanol–water partition coefficient (Wildman–Crippen LogP) is 1.27. The largest absolute Gasteiger partial charge is 0.445 e. The summed E-state index contributed by atoms with van der Waals surface area (Å²) in [6.45, 7) is -0.107. The molecule has 0 aliphatic carbocycles. The SMILES string of the molecule is N#Cc1cccc(C(O)C(O)CNC(=O)OCc2ccccc2)n1. The van der Waals surface area contributed by atoms with Crippen LogP contribution in [0.1, 0.15) is 23.1 Å². The number of pyridine rings is 1. The molecule has 124 valence electrons. The fourth-order valence-electron chi connectivity index (χ4n) is 1.95. The normalized spacial score (nSPS) is 12.7. The van der Waals surface area contributed by atoms with Gasteiger partial charge in [-0.1, -0.05) is 36.4 Å². The maximum Gasteiger partial charge on any atom is 0.407 e. The Morgan fingerprint density at radius 3 is 2.67 bits per heavy atom. The quantitative estimate of drug-likeness (QED) is 0.736. The van der Waals surface area contributed by atoms with Crippen LogP contribution >= 0.6 is 0 Å². The molecule has 7 nitrogen and oxygen atoms in total. The molecule has 0 spiro atoms. The summed E-state index contributed by atoms with van der Waals surface area (Å²) in [5.41, 5.74) is 1.13. The third-order valence-corrected chi connectivity index (χ3v) is 3.22. The van der Waals surface area contributed by atoms with Gasteiger partial charge in [-0.2, -0.15) is 5.26 Å². The highest BCUT2D eigenvalue weighted by Crippen LogP contribution is 2.14. The van der Waals surface area contributed by atoms with Crippen LogP contribution in [0.5, 0.6) is 0 Å². The number of rotatable bonds is 6. The standard InChI is InChI=1S/C17H17N3O4/c18-9-13-7-4-8-14(20-13)16(22)15(21)10-19-17(23)24-11-12-5-2-1-3-6-12/h1-8,15-16,21-22H,10-11H2,(H,19,23). The third-order valence-electron chi connectivity index (χ3n) is 3.22. The number of nitrogens with zero attached hydrogens (tertiary/aromatic N) is 2. The van der Waals surface area contributed by atoms with E-state index >= 15 is 0 Å². The summed E-state index contributed by atoms with van der Waals surface area (Å²) in [5.74, 6) is 0. The first-order valence-electron chi connectivity index (χ1n) is 7.28. The van der Waals surface area contributed by atoms with Gasteiger partial charge in [0.15, 0.2) is 0 Å². The predicted molar refractivity (Wildman–Crippen MR) is 84.5 cm³/mol. The molecule has 2 rings (SSSR count). The van der Waals surface area contributed by atoms with Gasteiger partial charge < -0.3 is 20.3 Å². The molecule has 0 bridgehead atoms. The smallest absolute Gasteiger partial charge is 0.407 e. The summed E-state index contributed by atoms with van der Waals surface area (Å²) in [7, 11) is 0. The molecule has 3 N–H and O–H groups in total. The zero-order valence-electron chi connectivity index (χ0n) is 12.8. The Balaban J connectivity index is 1.80. The van der Waals surface area contributed by atoms with Gasteiger partial charge in [-0.15, -0.1) is 0 Å². The van der Waals surface area contributed by atoms with E-state index in [0.717, 1.165) is 5.56 Å². The number of carbonyl (C=O) groups excluding carboxylic acids is 1. The topological polar surface area (TPSA) is 115 Å². The molecule has 2 unspecified atom stereocenters. The number of hydrogen-bond donors (Lipinski definition) is 3. The molecule has 0 saturated carbocycles. The molecule has 0 radical (unpaired) electrons. The van der Waals surface area contributed by atoms with Crippen LogP contribution in [0, 0.1) is 11.3 Å². The van der Waals surface area contributed by atoms with Crippen molar-refractivity contribution in [1.82, 2.24) is 10.3 Å². The number of amides is 1. The minimum atomic E-state index is -1.33. The Kier molecular flexibility index (Phi) is 6.25.